The molecular weight excluding hydrogens is 431 g/mol. The van der Waals surface area contributed by atoms with Gasteiger partial charge >= 0.3 is 6.18 Å². The van der Waals surface area contributed by atoms with Crippen LogP contribution in [-0.2, 0) is 11.9 Å². The van der Waals surface area contributed by atoms with Crippen molar-refractivity contribution in [3.8, 4) is 0 Å². The van der Waals surface area contributed by atoms with E-state index in [0.29, 0.717) is 25.4 Å². The number of furan rings is 1. The molecule has 0 bridgehead atoms. The van der Waals surface area contributed by atoms with Crippen LogP contribution >= 0.6 is 11.8 Å². The van der Waals surface area contributed by atoms with E-state index in [1.165, 1.54) is 0 Å². The zero-order chi connectivity index (χ0) is 22.6. The number of aromatic nitrogens is 2. The topological polar surface area (TPSA) is 65.7 Å². The minimum absolute atomic E-state index is 0.0103. The summed E-state index contributed by atoms with van der Waals surface area (Å²) in [6.07, 6.45) is -3.78. The average molecular weight is 458 g/mol. The van der Waals surface area contributed by atoms with Crippen LogP contribution in [0.15, 0.2) is 27.8 Å². The number of rotatable bonds is 7. The number of alkyl halides is 3. The van der Waals surface area contributed by atoms with Crippen molar-refractivity contribution in [2.45, 2.75) is 30.4 Å². The van der Waals surface area contributed by atoms with Crippen molar-refractivity contribution in [1.82, 2.24) is 19.8 Å². The third-order valence-corrected chi connectivity index (χ3v) is 5.81. The molecular formula is C20H26F3N5O2S. The summed E-state index contributed by atoms with van der Waals surface area (Å²) < 4.78 is 45.5. The van der Waals surface area contributed by atoms with Crippen molar-refractivity contribution >= 4 is 23.5 Å². The Bertz CT molecular complexity index is 897. The van der Waals surface area contributed by atoms with Crippen molar-refractivity contribution in [2.75, 3.05) is 51.7 Å². The predicted molar refractivity (Wildman–Crippen MR) is 112 cm³/mol. The Labute approximate surface area is 183 Å². The summed E-state index contributed by atoms with van der Waals surface area (Å²) in [6.45, 7) is 5.39. The van der Waals surface area contributed by atoms with Gasteiger partial charge in [0.05, 0.1) is 5.75 Å². The molecule has 0 radical (unpaired) electrons. The van der Waals surface area contributed by atoms with Gasteiger partial charge in [0.15, 0.2) is 16.6 Å². The van der Waals surface area contributed by atoms with E-state index in [1.807, 2.05) is 14.0 Å². The first-order chi connectivity index (χ1) is 14.7. The number of carbonyl (C=O) groups is 1. The first-order valence-electron chi connectivity index (χ1n) is 10.0. The summed E-state index contributed by atoms with van der Waals surface area (Å²) in [6, 6.07) is 4.22. The second kappa shape index (κ2) is 9.90. The highest BCUT2D eigenvalue weighted by atomic mass is 32.2. The fourth-order valence-electron chi connectivity index (χ4n) is 3.14. The molecule has 1 amide bonds. The molecule has 3 heterocycles. The fourth-order valence-corrected chi connectivity index (χ4v) is 3.89. The van der Waals surface area contributed by atoms with E-state index in [0.717, 1.165) is 37.3 Å². The highest BCUT2D eigenvalue weighted by molar-refractivity contribution is 7.98. The average Bonchev–Trinajstić information content (AvgIpc) is 3.21. The third-order valence-electron chi connectivity index (χ3n) is 4.94. The lowest BCUT2D eigenvalue weighted by molar-refractivity contribution is -0.141. The maximum Gasteiger partial charge on any atom is 0.433 e. The van der Waals surface area contributed by atoms with Crippen molar-refractivity contribution in [3.05, 3.63) is 35.4 Å². The van der Waals surface area contributed by atoms with Gasteiger partial charge in [0.1, 0.15) is 11.6 Å². The maximum atomic E-state index is 13.3. The molecule has 1 fully saturated rings. The number of amides is 1. The first kappa shape index (κ1) is 23.4. The van der Waals surface area contributed by atoms with Gasteiger partial charge in [-0.05, 0) is 25.6 Å². The quantitative estimate of drug-likeness (QED) is 0.465. The van der Waals surface area contributed by atoms with Crippen LogP contribution in [0.2, 0.25) is 0 Å². The Kier molecular flexibility index (Phi) is 7.47. The number of piperazine rings is 1. The summed E-state index contributed by atoms with van der Waals surface area (Å²) in [5.74, 6) is 0.967. The Morgan fingerprint density at radius 1 is 1.23 bits per heavy atom. The van der Waals surface area contributed by atoms with E-state index in [2.05, 4.69) is 14.9 Å². The second-order valence-electron chi connectivity index (χ2n) is 7.46. The van der Waals surface area contributed by atoms with Gasteiger partial charge < -0.3 is 19.1 Å². The number of halogens is 3. The number of hydrogen-bond acceptors (Lipinski definition) is 7. The summed E-state index contributed by atoms with van der Waals surface area (Å²) in [4.78, 5) is 26.1. The van der Waals surface area contributed by atoms with Crippen LogP contribution in [0.5, 0.6) is 0 Å². The molecule has 0 saturated carbocycles. The molecule has 7 nitrogen and oxygen atoms in total. The molecule has 1 aliphatic heterocycles. The van der Waals surface area contributed by atoms with Gasteiger partial charge in [-0.2, -0.15) is 13.2 Å². The Balaban J connectivity index is 1.69. The van der Waals surface area contributed by atoms with Crippen LogP contribution in [0.25, 0.3) is 0 Å². The molecule has 170 valence electrons. The number of thioether (sulfide) groups is 1. The lowest BCUT2D eigenvalue weighted by Crippen LogP contribution is -2.47. The predicted octanol–water partition coefficient (Wildman–Crippen LogP) is 3.61. The molecule has 31 heavy (non-hydrogen) atoms. The monoisotopic (exact) mass is 457 g/mol. The minimum atomic E-state index is -4.56. The molecule has 2 aromatic rings. The number of anilines is 1. The molecule has 0 aliphatic carbocycles. The van der Waals surface area contributed by atoms with Crippen LogP contribution in [0, 0.1) is 0 Å². The lowest BCUT2D eigenvalue weighted by Gasteiger charge is -2.31. The number of nitrogens with zero attached hydrogens (tertiary/aromatic N) is 5. The van der Waals surface area contributed by atoms with E-state index in [-0.39, 0.29) is 28.4 Å². The van der Waals surface area contributed by atoms with E-state index in [1.54, 1.807) is 29.0 Å². The lowest BCUT2D eigenvalue weighted by atomic mass is 10.3. The van der Waals surface area contributed by atoms with Gasteiger partial charge in [0.2, 0.25) is 0 Å². The standard InChI is InChI=1S/C20H26F3N5O2S/c1-4-7-27(3)17-12-16(20(21,22)23)24-19(25-17)31-13-14-5-6-15(30-14)18(29)28-10-8-26(2)9-11-28/h5-6,12H,4,7-11,13H2,1-3H3. The Hall–Kier alpha value is -2.27. The van der Waals surface area contributed by atoms with E-state index in [9.17, 15) is 18.0 Å². The Morgan fingerprint density at radius 3 is 2.58 bits per heavy atom. The maximum absolute atomic E-state index is 13.3. The van der Waals surface area contributed by atoms with Crippen LogP contribution in [0.4, 0.5) is 19.0 Å². The molecule has 11 heteroatoms. The van der Waals surface area contributed by atoms with E-state index >= 15 is 0 Å². The molecule has 0 unspecified atom stereocenters. The highest BCUT2D eigenvalue weighted by Crippen LogP contribution is 2.32. The molecule has 2 aromatic heterocycles. The van der Waals surface area contributed by atoms with Gasteiger partial charge in [-0.25, -0.2) is 9.97 Å². The van der Waals surface area contributed by atoms with Crippen molar-refractivity contribution < 1.29 is 22.4 Å². The van der Waals surface area contributed by atoms with Crippen molar-refractivity contribution in [1.29, 1.82) is 0 Å². The SMILES string of the molecule is CCCN(C)c1cc(C(F)(F)F)nc(SCc2ccc(C(=O)N3CCN(C)CC3)o2)n1. The molecule has 0 atom stereocenters. The summed E-state index contributed by atoms with van der Waals surface area (Å²) in [5, 5.41) is 0.0103. The summed E-state index contributed by atoms with van der Waals surface area (Å²) >= 11 is 1.04. The molecule has 0 aromatic carbocycles. The van der Waals surface area contributed by atoms with Gasteiger partial charge in [-0.3, -0.25) is 4.79 Å². The molecule has 1 saturated heterocycles. The van der Waals surface area contributed by atoms with Gasteiger partial charge in [0.25, 0.3) is 5.91 Å². The zero-order valence-electron chi connectivity index (χ0n) is 17.8. The number of carbonyl (C=O) groups excluding carboxylic acids is 1. The number of likely N-dealkylation sites (N-methyl/N-ethyl adjacent to an activating group) is 1. The largest absolute Gasteiger partial charge is 0.455 e. The van der Waals surface area contributed by atoms with Gasteiger partial charge in [-0.1, -0.05) is 18.7 Å². The minimum Gasteiger partial charge on any atom is -0.455 e. The van der Waals surface area contributed by atoms with Gasteiger partial charge in [0, 0.05) is 45.8 Å². The molecule has 3 rings (SSSR count). The molecule has 0 N–H and O–H groups in total. The third kappa shape index (κ3) is 6.13. The smallest absolute Gasteiger partial charge is 0.433 e. The van der Waals surface area contributed by atoms with Crippen molar-refractivity contribution in [3.63, 3.8) is 0 Å². The van der Waals surface area contributed by atoms with Crippen LogP contribution in [0.1, 0.15) is 35.4 Å². The van der Waals surface area contributed by atoms with Gasteiger partial charge in [-0.15, -0.1) is 0 Å². The van der Waals surface area contributed by atoms with Crippen LogP contribution < -0.4 is 4.90 Å². The Morgan fingerprint density at radius 2 is 1.94 bits per heavy atom. The summed E-state index contributed by atoms with van der Waals surface area (Å²) in [7, 11) is 3.70. The zero-order valence-corrected chi connectivity index (χ0v) is 18.6. The normalized spacial score (nSPS) is 15.4. The van der Waals surface area contributed by atoms with E-state index < -0.39 is 11.9 Å². The molecule has 1 aliphatic rings. The van der Waals surface area contributed by atoms with E-state index in [4.69, 9.17) is 4.42 Å². The molecule has 0 spiro atoms. The van der Waals surface area contributed by atoms with Crippen LogP contribution in [0.3, 0.4) is 0 Å². The second-order valence-corrected chi connectivity index (χ2v) is 8.41. The summed E-state index contributed by atoms with van der Waals surface area (Å²) in [5.41, 5.74) is -0.978. The van der Waals surface area contributed by atoms with Crippen LogP contribution in [-0.4, -0.2) is 72.5 Å². The first-order valence-corrected chi connectivity index (χ1v) is 11.0. The highest BCUT2D eigenvalue weighted by Gasteiger charge is 2.34. The fraction of sp³-hybridized carbons (Fsp3) is 0.550. The number of hydrogen-bond donors (Lipinski definition) is 0. The van der Waals surface area contributed by atoms with Crippen molar-refractivity contribution in [2.24, 2.45) is 0 Å².